The van der Waals surface area contributed by atoms with Crippen molar-refractivity contribution in [1.82, 2.24) is 15.3 Å². The summed E-state index contributed by atoms with van der Waals surface area (Å²) in [6, 6.07) is 7.74. The van der Waals surface area contributed by atoms with E-state index >= 15 is 0 Å². The molecule has 0 unspecified atom stereocenters. The van der Waals surface area contributed by atoms with Crippen molar-refractivity contribution in [2.45, 2.75) is 6.54 Å². The molecule has 0 aliphatic heterocycles. The summed E-state index contributed by atoms with van der Waals surface area (Å²) in [4.78, 5) is 21.5. The number of nitrogens with zero attached hydrogens (tertiary/aromatic N) is 2. The van der Waals surface area contributed by atoms with E-state index in [4.69, 9.17) is 0 Å². The Morgan fingerprint density at radius 3 is 2.95 bits per heavy atom. The summed E-state index contributed by atoms with van der Waals surface area (Å²) in [7, 11) is 0. The zero-order valence-electron chi connectivity index (χ0n) is 10.4. The SMILES string of the molecule is O=C(NCc1cccnc1)c1nc(-c2cccs2)cs1. The third-order valence-corrected chi connectivity index (χ3v) is 4.38. The Balaban J connectivity index is 1.66. The van der Waals surface area contributed by atoms with Gasteiger partial charge in [-0.1, -0.05) is 12.1 Å². The number of carbonyl (C=O) groups excluding carboxylic acids is 1. The number of nitrogens with one attached hydrogen (secondary N) is 1. The van der Waals surface area contributed by atoms with Crippen LogP contribution < -0.4 is 5.32 Å². The lowest BCUT2D eigenvalue weighted by atomic mass is 10.3. The number of aromatic nitrogens is 2. The van der Waals surface area contributed by atoms with Crippen LogP contribution in [0.3, 0.4) is 0 Å². The van der Waals surface area contributed by atoms with Crippen LogP contribution in [0, 0.1) is 0 Å². The summed E-state index contributed by atoms with van der Waals surface area (Å²) in [6.07, 6.45) is 3.44. The zero-order valence-corrected chi connectivity index (χ0v) is 12.1. The highest BCUT2D eigenvalue weighted by atomic mass is 32.1. The first-order chi connectivity index (χ1) is 9.83. The number of thiazole rings is 1. The van der Waals surface area contributed by atoms with Gasteiger partial charge in [0.15, 0.2) is 5.01 Å². The molecule has 3 aromatic heterocycles. The van der Waals surface area contributed by atoms with Crippen LogP contribution in [0.1, 0.15) is 15.4 Å². The van der Waals surface area contributed by atoms with Crippen molar-refractivity contribution in [3.63, 3.8) is 0 Å². The van der Waals surface area contributed by atoms with Crippen molar-refractivity contribution in [3.05, 3.63) is 58.0 Å². The summed E-state index contributed by atoms with van der Waals surface area (Å²) in [5.41, 5.74) is 1.83. The molecular weight excluding hydrogens is 290 g/mol. The molecule has 0 aromatic carbocycles. The van der Waals surface area contributed by atoms with E-state index in [0.717, 1.165) is 16.1 Å². The van der Waals surface area contributed by atoms with Crippen LogP contribution in [-0.4, -0.2) is 15.9 Å². The number of rotatable bonds is 4. The molecular formula is C14H11N3OS2. The van der Waals surface area contributed by atoms with Crippen LogP contribution in [0.25, 0.3) is 10.6 Å². The Morgan fingerprint density at radius 2 is 2.20 bits per heavy atom. The highest BCUT2D eigenvalue weighted by Gasteiger charge is 2.12. The minimum atomic E-state index is -0.151. The standard InChI is InChI=1S/C14H11N3OS2/c18-13(16-8-10-3-1-5-15-7-10)14-17-11(9-20-14)12-4-2-6-19-12/h1-7,9H,8H2,(H,16,18). The lowest BCUT2D eigenvalue weighted by Crippen LogP contribution is -2.22. The second kappa shape index (κ2) is 5.94. The molecule has 1 amide bonds. The molecule has 0 aliphatic carbocycles. The maximum absolute atomic E-state index is 12.0. The first kappa shape index (κ1) is 13.0. The Hall–Kier alpha value is -2.05. The Bertz CT molecular complexity index is 692. The van der Waals surface area contributed by atoms with E-state index in [-0.39, 0.29) is 5.91 Å². The van der Waals surface area contributed by atoms with Gasteiger partial charge in [-0.2, -0.15) is 0 Å². The van der Waals surface area contributed by atoms with E-state index in [1.165, 1.54) is 11.3 Å². The van der Waals surface area contributed by atoms with Gasteiger partial charge in [0.1, 0.15) is 0 Å². The quantitative estimate of drug-likeness (QED) is 0.805. The van der Waals surface area contributed by atoms with E-state index in [0.29, 0.717) is 11.6 Å². The first-order valence-electron chi connectivity index (χ1n) is 5.99. The monoisotopic (exact) mass is 301 g/mol. The summed E-state index contributed by atoms with van der Waals surface area (Å²) in [5, 5.41) is 7.23. The topological polar surface area (TPSA) is 54.9 Å². The molecule has 0 aliphatic rings. The fourth-order valence-corrected chi connectivity index (χ4v) is 3.17. The predicted molar refractivity (Wildman–Crippen MR) is 80.8 cm³/mol. The fraction of sp³-hybridized carbons (Fsp3) is 0.0714. The van der Waals surface area contributed by atoms with Crippen LogP contribution in [-0.2, 0) is 6.54 Å². The largest absolute Gasteiger partial charge is 0.346 e. The summed E-state index contributed by atoms with van der Waals surface area (Å²) < 4.78 is 0. The van der Waals surface area contributed by atoms with E-state index in [2.05, 4.69) is 15.3 Å². The smallest absolute Gasteiger partial charge is 0.280 e. The van der Waals surface area contributed by atoms with Gasteiger partial charge in [-0.25, -0.2) is 4.98 Å². The number of pyridine rings is 1. The highest BCUT2D eigenvalue weighted by Crippen LogP contribution is 2.25. The molecule has 1 N–H and O–H groups in total. The molecule has 3 rings (SSSR count). The molecule has 0 saturated heterocycles. The Kier molecular flexibility index (Phi) is 3.85. The molecule has 20 heavy (non-hydrogen) atoms. The van der Waals surface area contributed by atoms with Crippen LogP contribution in [0.15, 0.2) is 47.4 Å². The minimum absolute atomic E-state index is 0.151. The van der Waals surface area contributed by atoms with Crippen molar-refractivity contribution < 1.29 is 4.79 Å². The Labute approximate surface area is 124 Å². The number of amides is 1. The molecule has 0 fully saturated rings. The van der Waals surface area contributed by atoms with Gasteiger partial charge in [0.2, 0.25) is 0 Å². The number of hydrogen-bond acceptors (Lipinski definition) is 5. The molecule has 6 heteroatoms. The summed E-state index contributed by atoms with van der Waals surface area (Å²) >= 11 is 2.97. The van der Waals surface area contributed by atoms with Crippen molar-refractivity contribution in [1.29, 1.82) is 0 Å². The molecule has 0 bridgehead atoms. The molecule has 100 valence electrons. The summed E-state index contributed by atoms with van der Waals surface area (Å²) in [5.74, 6) is -0.151. The number of hydrogen-bond donors (Lipinski definition) is 1. The minimum Gasteiger partial charge on any atom is -0.346 e. The van der Waals surface area contributed by atoms with Gasteiger partial charge in [0.25, 0.3) is 5.91 Å². The maximum atomic E-state index is 12.0. The van der Waals surface area contributed by atoms with E-state index in [1.807, 2.05) is 35.0 Å². The normalized spacial score (nSPS) is 10.4. The van der Waals surface area contributed by atoms with Crippen molar-refractivity contribution >= 4 is 28.6 Å². The average molecular weight is 301 g/mol. The second-order valence-corrected chi connectivity index (χ2v) is 5.86. The second-order valence-electron chi connectivity index (χ2n) is 4.06. The van der Waals surface area contributed by atoms with Crippen LogP contribution >= 0.6 is 22.7 Å². The van der Waals surface area contributed by atoms with Gasteiger partial charge in [0.05, 0.1) is 10.6 Å². The fourth-order valence-electron chi connectivity index (χ4n) is 1.68. The molecule has 4 nitrogen and oxygen atoms in total. The maximum Gasteiger partial charge on any atom is 0.280 e. The van der Waals surface area contributed by atoms with Crippen molar-refractivity contribution in [3.8, 4) is 10.6 Å². The lowest BCUT2D eigenvalue weighted by molar-refractivity contribution is 0.0950. The first-order valence-corrected chi connectivity index (χ1v) is 7.75. The zero-order chi connectivity index (χ0) is 13.8. The van der Waals surface area contributed by atoms with E-state index in [1.54, 1.807) is 23.7 Å². The average Bonchev–Trinajstić information content (AvgIpc) is 3.16. The summed E-state index contributed by atoms with van der Waals surface area (Å²) in [6.45, 7) is 0.459. The van der Waals surface area contributed by atoms with Crippen LogP contribution in [0.2, 0.25) is 0 Å². The Morgan fingerprint density at radius 1 is 1.25 bits per heavy atom. The van der Waals surface area contributed by atoms with Crippen LogP contribution in [0.5, 0.6) is 0 Å². The number of carbonyl (C=O) groups is 1. The molecule has 0 spiro atoms. The highest BCUT2D eigenvalue weighted by molar-refractivity contribution is 7.15. The van der Waals surface area contributed by atoms with Gasteiger partial charge >= 0.3 is 0 Å². The third-order valence-electron chi connectivity index (χ3n) is 2.65. The predicted octanol–water partition coefficient (Wildman–Crippen LogP) is 3.20. The van der Waals surface area contributed by atoms with E-state index in [9.17, 15) is 4.79 Å². The van der Waals surface area contributed by atoms with Gasteiger partial charge in [-0.3, -0.25) is 9.78 Å². The van der Waals surface area contributed by atoms with Gasteiger partial charge in [-0.05, 0) is 23.1 Å². The molecule has 0 atom stereocenters. The molecule has 3 heterocycles. The van der Waals surface area contributed by atoms with Crippen molar-refractivity contribution in [2.75, 3.05) is 0 Å². The van der Waals surface area contributed by atoms with Crippen LogP contribution in [0.4, 0.5) is 0 Å². The van der Waals surface area contributed by atoms with E-state index < -0.39 is 0 Å². The molecule has 3 aromatic rings. The van der Waals surface area contributed by atoms with Gasteiger partial charge in [-0.15, -0.1) is 22.7 Å². The number of thiophene rings is 1. The van der Waals surface area contributed by atoms with Crippen molar-refractivity contribution in [2.24, 2.45) is 0 Å². The van der Waals surface area contributed by atoms with Gasteiger partial charge < -0.3 is 5.32 Å². The molecule has 0 saturated carbocycles. The lowest BCUT2D eigenvalue weighted by Gasteiger charge is -2.02. The third kappa shape index (κ3) is 2.92. The van der Waals surface area contributed by atoms with Gasteiger partial charge in [0, 0.05) is 24.3 Å². The molecule has 0 radical (unpaired) electrons.